The molecule has 1 aromatic rings. The van der Waals surface area contributed by atoms with E-state index in [2.05, 4.69) is 20.5 Å². The van der Waals surface area contributed by atoms with Gasteiger partial charge in [-0.15, -0.1) is 5.10 Å². The fourth-order valence-electron chi connectivity index (χ4n) is 1.30. The van der Waals surface area contributed by atoms with Crippen LogP contribution < -0.4 is 11.1 Å². The summed E-state index contributed by atoms with van der Waals surface area (Å²) >= 11 is 0. The van der Waals surface area contributed by atoms with Crippen molar-refractivity contribution in [3.8, 4) is 0 Å². The van der Waals surface area contributed by atoms with Crippen molar-refractivity contribution in [2.24, 2.45) is 5.92 Å². The molecule has 0 bridgehead atoms. The highest BCUT2D eigenvalue weighted by atomic mass is 16.3. The van der Waals surface area contributed by atoms with E-state index in [-0.39, 0.29) is 18.3 Å². The first-order valence-corrected chi connectivity index (χ1v) is 4.81. The highest BCUT2D eigenvalue weighted by Gasteiger charge is 2.29. The number of nitrogens with one attached hydrogen (secondary N) is 2. The van der Waals surface area contributed by atoms with E-state index in [1.807, 2.05) is 0 Å². The average Bonchev–Trinajstić information content (AvgIpc) is 2.97. The largest absolute Gasteiger partial charge is 0.391 e. The normalized spacial score (nSPS) is 17.4. The Kier molecular flexibility index (Phi) is 2.55. The highest BCUT2D eigenvalue weighted by Crippen LogP contribution is 2.32. The van der Waals surface area contributed by atoms with Gasteiger partial charge in [-0.25, -0.2) is 0 Å². The molecule has 1 heterocycles. The van der Waals surface area contributed by atoms with E-state index in [0.717, 1.165) is 12.8 Å². The zero-order valence-electron chi connectivity index (χ0n) is 8.10. The van der Waals surface area contributed by atoms with Gasteiger partial charge in [0.1, 0.15) is 0 Å². The predicted molar refractivity (Wildman–Crippen MR) is 51.9 cm³/mol. The van der Waals surface area contributed by atoms with Gasteiger partial charge in [0, 0.05) is 6.54 Å². The van der Waals surface area contributed by atoms with Crippen LogP contribution >= 0.6 is 0 Å². The zero-order valence-corrected chi connectivity index (χ0v) is 8.10. The van der Waals surface area contributed by atoms with Gasteiger partial charge in [-0.3, -0.25) is 9.89 Å². The molecule has 5 N–H and O–H groups in total. The summed E-state index contributed by atoms with van der Waals surface area (Å²) in [6.07, 6.45) is 1.60. The van der Waals surface area contributed by atoms with Crippen molar-refractivity contribution in [1.29, 1.82) is 0 Å². The molecule has 1 aliphatic rings. The van der Waals surface area contributed by atoms with Crippen LogP contribution in [-0.2, 0) is 0 Å². The topological polar surface area (TPSA) is 117 Å². The number of aliphatic hydroxyl groups excluding tert-OH is 1. The van der Waals surface area contributed by atoms with Gasteiger partial charge in [0.2, 0.25) is 11.8 Å². The second-order valence-corrected chi connectivity index (χ2v) is 3.66. The van der Waals surface area contributed by atoms with Crippen molar-refractivity contribution < 1.29 is 9.90 Å². The van der Waals surface area contributed by atoms with E-state index in [1.54, 1.807) is 0 Å². The molecule has 1 aromatic heterocycles. The van der Waals surface area contributed by atoms with Crippen LogP contribution in [0.5, 0.6) is 0 Å². The van der Waals surface area contributed by atoms with Crippen molar-refractivity contribution in [3.05, 3.63) is 5.82 Å². The Morgan fingerprint density at radius 2 is 2.47 bits per heavy atom. The highest BCUT2D eigenvalue weighted by molar-refractivity contribution is 5.90. The number of nitrogens with zero attached hydrogens (tertiary/aromatic N) is 2. The Balaban J connectivity index is 1.81. The van der Waals surface area contributed by atoms with Crippen LogP contribution in [0.1, 0.15) is 23.5 Å². The minimum Gasteiger partial charge on any atom is -0.391 e. The van der Waals surface area contributed by atoms with E-state index < -0.39 is 12.0 Å². The number of H-pyrrole nitrogens is 1. The minimum absolute atomic E-state index is 0.0305. The number of nitrogens with two attached hydrogens (primary N) is 1. The third kappa shape index (κ3) is 2.44. The van der Waals surface area contributed by atoms with Crippen LogP contribution in [0.3, 0.4) is 0 Å². The zero-order chi connectivity index (χ0) is 10.8. The Morgan fingerprint density at radius 3 is 3.00 bits per heavy atom. The molecular weight excluding hydrogens is 198 g/mol. The second-order valence-electron chi connectivity index (χ2n) is 3.66. The maximum absolute atomic E-state index is 11.4. The molecule has 1 unspecified atom stereocenters. The van der Waals surface area contributed by atoms with Gasteiger partial charge in [-0.1, -0.05) is 0 Å². The monoisotopic (exact) mass is 211 g/mol. The molecule has 0 spiro atoms. The van der Waals surface area contributed by atoms with E-state index >= 15 is 0 Å². The molecule has 1 aliphatic carbocycles. The summed E-state index contributed by atoms with van der Waals surface area (Å²) in [6, 6.07) is 0. The third-order valence-electron chi connectivity index (χ3n) is 2.36. The number of hydrogen-bond acceptors (Lipinski definition) is 5. The molecule has 2 rings (SSSR count). The summed E-state index contributed by atoms with van der Waals surface area (Å²) in [6.45, 7) is 0.240. The second kappa shape index (κ2) is 3.85. The lowest BCUT2D eigenvalue weighted by molar-refractivity contribution is 0.0891. The predicted octanol–water partition coefficient (Wildman–Crippen LogP) is -1.11. The SMILES string of the molecule is Nc1n[nH]c(C(=O)NCC(O)C2CC2)n1. The van der Waals surface area contributed by atoms with E-state index in [0.29, 0.717) is 5.92 Å². The summed E-state index contributed by atoms with van der Waals surface area (Å²) in [5.41, 5.74) is 5.25. The lowest BCUT2D eigenvalue weighted by atomic mass is 10.2. The Bertz CT molecular complexity index is 360. The van der Waals surface area contributed by atoms with Gasteiger partial charge >= 0.3 is 0 Å². The van der Waals surface area contributed by atoms with Crippen LogP contribution in [0.4, 0.5) is 5.95 Å². The van der Waals surface area contributed by atoms with E-state index in [1.165, 1.54) is 0 Å². The minimum atomic E-state index is -0.464. The lowest BCUT2D eigenvalue weighted by Crippen LogP contribution is -2.33. The molecule has 7 heteroatoms. The first kappa shape index (κ1) is 9.91. The van der Waals surface area contributed by atoms with Gasteiger partial charge in [-0.2, -0.15) is 4.98 Å². The molecule has 0 saturated heterocycles. The fraction of sp³-hybridized carbons (Fsp3) is 0.625. The summed E-state index contributed by atoms with van der Waals surface area (Å²) in [5.74, 6) is 0.0300. The van der Waals surface area contributed by atoms with Crippen LogP contribution in [-0.4, -0.2) is 38.8 Å². The molecule has 0 radical (unpaired) electrons. The molecule has 15 heavy (non-hydrogen) atoms. The van der Waals surface area contributed by atoms with E-state index in [9.17, 15) is 9.90 Å². The maximum atomic E-state index is 11.4. The number of carbonyl (C=O) groups excluding carboxylic acids is 1. The van der Waals surface area contributed by atoms with Crippen molar-refractivity contribution >= 4 is 11.9 Å². The van der Waals surface area contributed by atoms with Crippen molar-refractivity contribution in [1.82, 2.24) is 20.5 Å². The van der Waals surface area contributed by atoms with Gasteiger partial charge < -0.3 is 16.2 Å². The Hall–Kier alpha value is -1.63. The molecule has 1 fully saturated rings. The van der Waals surface area contributed by atoms with Crippen LogP contribution in [0, 0.1) is 5.92 Å². The maximum Gasteiger partial charge on any atom is 0.288 e. The van der Waals surface area contributed by atoms with Gasteiger partial charge in [0.05, 0.1) is 6.10 Å². The Morgan fingerprint density at radius 1 is 1.73 bits per heavy atom. The van der Waals surface area contributed by atoms with Crippen LogP contribution in [0.2, 0.25) is 0 Å². The van der Waals surface area contributed by atoms with Crippen LogP contribution in [0.15, 0.2) is 0 Å². The third-order valence-corrected chi connectivity index (χ3v) is 2.36. The van der Waals surface area contributed by atoms with Gasteiger partial charge in [0.25, 0.3) is 5.91 Å². The number of aliphatic hydroxyl groups is 1. The first-order chi connectivity index (χ1) is 7.16. The number of hydrogen-bond donors (Lipinski definition) is 4. The Labute approximate surface area is 86.1 Å². The molecule has 82 valence electrons. The molecular formula is C8H13N5O2. The molecule has 1 amide bonds. The smallest absolute Gasteiger partial charge is 0.288 e. The average molecular weight is 211 g/mol. The van der Waals surface area contributed by atoms with Crippen molar-refractivity contribution in [2.45, 2.75) is 18.9 Å². The number of carbonyl (C=O) groups is 1. The number of amides is 1. The number of rotatable bonds is 4. The standard InChI is InChI=1S/C8H13N5O2/c9-8-11-6(12-13-8)7(15)10-3-5(14)4-1-2-4/h4-5,14H,1-3H2,(H,10,15)(H3,9,11,12,13). The number of aromatic amines is 1. The number of nitrogen functional groups attached to an aromatic ring is 1. The lowest BCUT2D eigenvalue weighted by Gasteiger charge is -2.08. The number of anilines is 1. The molecule has 0 aromatic carbocycles. The van der Waals surface area contributed by atoms with Crippen molar-refractivity contribution in [3.63, 3.8) is 0 Å². The summed E-state index contributed by atoms with van der Waals surface area (Å²) in [4.78, 5) is 15.1. The quantitative estimate of drug-likeness (QED) is 0.503. The molecule has 7 nitrogen and oxygen atoms in total. The van der Waals surface area contributed by atoms with Gasteiger partial charge in [0.15, 0.2) is 0 Å². The summed E-state index contributed by atoms with van der Waals surface area (Å²) < 4.78 is 0. The fourth-order valence-corrected chi connectivity index (χ4v) is 1.30. The van der Waals surface area contributed by atoms with Gasteiger partial charge in [-0.05, 0) is 18.8 Å². The van der Waals surface area contributed by atoms with Crippen LogP contribution in [0.25, 0.3) is 0 Å². The summed E-state index contributed by atoms with van der Waals surface area (Å²) in [7, 11) is 0. The first-order valence-electron chi connectivity index (χ1n) is 4.81. The molecule has 1 atom stereocenters. The van der Waals surface area contributed by atoms with E-state index in [4.69, 9.17) is 5.73 Å². The summed E-state index contributed by atoms with van der Waals surface area (Å²) in [5, 5.41) is 18.0. The molecule has 0 aliphatic heterocycles. The number of aromatic nitrogens is 3. The molecule has 1 saturated carbocycles. The van der Waals surface area contributed by atoms with Crippen molar-refractivity contribution in [2.75, 3.05) is 12.3 Å².